The Morgan fingerprint density at radius 3 is 2.66 bits per heavy atom. The van der Waals surface area contributed by atoms with Gasteiger partial charge in [0.2, 0.25) is 0 Å². The van der Waals surface area contributed by atoms with E-state index in [1.54, 1.807) is 12.3 Å². The molecule has 2 heterocycles. The van der Waals surface area contributed by atoms with Gasteiger partial charge in [-0.2, -0.15) is 13.2 Å². The van der Waals surface area contributed by atoms with Crippen molar-refractivity contribution in [3.63, 3.8) is 0 Å². The smallest absolute Gasteiger partial charge is 0.425 e. The van der Waals surface area contributed by atoms with E-state index in [1.165, 1.54) is 12.1 Å². The van der Waals surface area contributed by atoms with Crippen molar-refractivity contribution in [3.05, 3.63) is 75.9 Å². The number of hydrogen-bond donors (Lipinski definition) is 2. The predicted molar refractivity (Wildman–Crippen MR) is 121 cm³/mol. The number of ether oxygens (including phenoxy) is 1. The largest absolute Gasteiger partial charge is 0.480 e. The molecule has 0 radical (unpaired) electrons. The van der Waals surface area contributed by atoms with Crippen LogP contribution in [0.5, 0.6) is 5.75 Å². The first-order valence-electron chi connectivity index (χ1n) is 10.6. The fourth-order valence-corrected chi connectivity index (χ4v) is 3.80. The number of benzene rings is 2. The number of hydrogen-bond acceptors (Lipinski definition) is 4. The van der Waals surface area contributed by atoms with Crippen molar-refractivity contribution < 1.29 is 31.5 Å². The fourth-order valence-electron chi connectivity index (χ4n) is 3.59. The maximum Gasteiger partial charge on any atom is 0.425 e. The molecule has 11 heteroatoms. The summed E-state index contributed by atoms with van der Waals surface area (Å²) in [5.74, 6) is -3.43. The highest BCUT2D eigenvalue weighted by molar-refractivity contribution is 6.34. The van der Waals surface area contributed by atoms with Crippen LogP contribution in [0, 0.1) is 11.6 Å². The molecule has 0 spiro atoms. The first-order valence-corrected chi connectivity index (χ1v) is 10.9. The predicted octanol–water partition coefficient (Wildman–Crippen LogP) is 5.91. The lowest BCUT2D eigenvalue weighted by molar-refractivity contribution is -0.189. The molecule has 0 saturated carbocycles. The summed E-state index contributed by atoms with van der Waals surface area (Å²) in [4.78, 5) is 17.1. The second-order valence-electron chi connectivity index (χ2n) is 7.95. The van der Waals surface area contributed by atoms with E-state index in [-0.39, 0.29) is 16.3 Å². The number of nitrogens with zero attached hydrogens (tertiary/aromatic N) is 1. The molecule has 1 amide bonds. The molecule has 4 rings (SSSR count). The van der Waals surface area contributed by atoms with E-state index in [9.17, 15) is 22.4 Å². The third-order valence-electron chi connectivity index (χ3n) is 5.53. The quantitative estimate of drug-likeness (QED) is 0.418. The summed E-state index contributed by atoms with van der Waals surface area (Å²) in [6.45, 7) is 2.07. The topological polar surface area (TPSA) is 63.2 Å². The van der Waals surface area contributed by atoms with E-state index >= 15 is 4.39 Å². The van der Waals surface area contributed by atoms with Crippen LogP contribution in [-0.2, 0) is 13.0 Å². The molecule has 5 nitrogen and oxygen atoms in total. The number of anilines is 1. The molecular weight excluding hydrogens is 493 g/mol. The molecule has 1 aromatic heterocycles. The Morgan fingerprint density at radius 1 is 1.17 bits per heavy atom. The van der Waals surface area contributed by atoms with Crippen LogP contribution in [0.15, 0.2) is 42.6 Å². The van der Waals surface area contributed by atoms with Gasteiger partial charge in [-0.15, -0.1) is 0 Å². The normalized spacial score (nSPS) is 14.3. The third kappa shape index (κ3) is 5.38. The Hall–Kier alpha value is -3.24. The third-order valence-corrected chi connectivity index (χ3v) is 5.84. The van der Waals surface area contributed by atoms with Crippen molar-refractivity contribution >= 4 is 23.2 Å². The zero-order valence-corrected chi connectivity index (χ0v) is 19.0. The standard InChI is InChI=1S/C24H19ClF5N3O2/c1-12(24(28,29)30)35-21-9-15(20-7-13-5-6-31-10-14(13)11-32-20)19(27)8-16(21)23(34)33-22-17(25)3-2-4-18(22)26/h2-4,7-9,11-12,31H,5-6,10H2,1H3,(H,33,34)/t12-/m0/s1. The Balaban J connectivity index is 1.77. The van der Waals surface area contributed by atoms with Gasteiger partial charge >= 0.3 is 6.18 Å². The van der Waals surface area contributed by atoms with Crippen LogP contribution < -0.4 is 15.4 Å². The van der Waals surface area contributed by atoms with Crippen LogP contribution in [0.4, 0.5) is 27.6 Å². The number of pyridine rings is 1. The number of fused-ring (bicyclic) bond motifs is 1. The lowest BCUT2D eigenvalue weighted by Crippen LogP contribution is -2.32. The lowest BCUT2D eigenvalue weighted by Gasteiger charge is -2.21. The van der Waals surface area contributed by atoms with Crippen molar-refractivity contribution in [2.24, 2.45) is 0 Å². The molecule has 0 fully saturated rings. The Labute approximate surface area is 202 Å². The van der Waals surface area contributed by atoms with E-state index in [0.717, 1.165) is 36.2 Å². The molecule has 0 bridgehead atoms. The first-order chi connectivity index (χ1) is 16.5. The number of nitrogens with one attached hydrogen (secondary N) is 2. The molecule has 0 aliphatic carbocycles. The number of amides is 1. The van der Waals surface area contributed by atoms with E-state index in [1.807, 2.05) is 0 Å². The van der Waals surface area contributed by atoms with E-state index < -0.39 is 46.8 Å². The summed E-state index contributed by atoms with van der Waals surface area (Å²) in [5.41, 5.74) is 0.927. The van der Waals surface area contributed by atoms with Gasteiger partial charge < -0.3 is 15.4 Å². The number of para-hydroxylation sites is 1. The maximum absolute atomic E-state index is 15.2. The lowest BCUT2D eigenvalue weighted by atomic mass is 9.99. The molecule has 1 atom stereocenters. The van der Waals surface area contributed by atoms with Gasteiger partial charge in [-0.3, -0.25) is 9.78 Å². The number of alkyl halides is 3. The summed E-state index contributed by atoms with van der Waals surface area (Å²) >= 11 is 5.92. The van der Waals surface area contributed by atoms with E-state index in [0.29, 0.717) is 19.5 Å². The van der Waals surface area contributed by atoms with Crippen molar-refractivity contribution in [2.45, 2.75) is 32.2 Å². The second kappa shape index (κ2) is 9.79. The van der Waals surface area contributed by atoms with Gasteiger partial charge in [0.25, 0.3) is 5.91 Å². The van der Waals surface area contributed by atoms with Crippen molar-refractivity contribution in [1.82, 2.24) is 10.3 Å². The van der Waals surface area contributed by atoms with Crippen LogP contribution in [0.3, 0.4) is 0 Å². The van der Waals surface area contributed by atoms with Crippen molar-refractivity contribution in [3.8, 4) is 17.0 Å². The van der Waals surface area contributed by atoms with Crippen LogP contribution in [0.25, 0.3) is 11.3 Å². The van der Waals surface area contributed by atoms with Gasteiger partial charge in [0.05, 0.1) is 22.0 Å². The monoisotopic (exact) mass is 511 g/mol. The molecule has 2 N–H and O–H groups in total. The minimum absolute atomic E-state index is 0.142. The number of carbonyl (C=O) groups is 1. The van der Waals surface area contributed by atoms with Gasteiger partial charge in [-0.25, -0.2) is 8.78 Å². The number of carbonyl (C=O) groups excluding carboxylic acids is 1. The van der Waals surface area contributed by atoms with Gasteiger partial charge in [0, 0.05) is 18.3 Å². The van der Waals surface area contributed by atoms with Gasteiger partial charge in [0.1, 0.15) is 17.4 Å². The highest BCUT2D eigenvalue weighted by atomic mass is 35.5. The minimum atomic E-state index is -4.76. The van der Waals surface area contributed by atoms with E-state index in [2.05, 4.69) is 15.6 Å². The molecule has 2 aromatic carbocycles. The van der Waals surface area contributed by atoms with Crippen LogP contribution >= 0.6 is 11.6 Å². The zero-order valence-electron chi connectivity index (χ0n) is 18.3. The fraction of sp³-hybridized carbons (Fsp3) is 0.250. The van der Waals surface area contributed by atoms with Crippen LogP contribution in [0.1, 0.15) is 28.4 Å². The van der Waals surface area contributed by atoms with Gasteiger partial charge in [0.15, 0.2) is 6.10 Å². The average Bonchev–Trinajstić information content (AvgIpc) is 2.81. The zero-order chi connectivity index (χ0) is 25.3. The van der Waals surface area contributed by atoms with Crippen LogP contribution in [0.2, 0.25) is 5.02 Å². The van der Waals surface area contributed by atoms with Gasteiger partial charge in [-0.1, -0.05) is 17.7 Å². The number of aromatic nitrogens is 1. The molecule has 35 heavy (non-hydrogen) atoms. The molecule has 0 saturated heterocycles. The highest BCUT2D eigenvalue weighted by Crippen LogP contribution is 2.35. The van der Waals surface area contributed by atoms with E-state index in [4.69, 9.17) is 16.3 Å². The summed E-state index contributed by atoms with van der Waals surface area (Å²) in [7, 11) is 0. The SMILES string of the molecule is C[C@H](Oc1cc(-c2cc3c(cn2)CNCC3)c(F)cc1C(=O)Nc1c(F)cccc1Cl)C(F)(F)F. The Kier molecular flexibility index (Phi) is 6.95. The summed E-state index contributed by atoms with van der Waals surface area (Å²) < 4.78 is 74.0. The maximum atomic E-state index is 15.2. The molecule has 1 aliphatic rings. The van der Waals surface area contributed by atoms with Crippen molar-refractivity contribution in [2.75, 3.05) is 11.9 Å². The number of rotatable bonds is 5. The second-order valence-corrected chi connectivity index (χ2v) is 8.35. The summed E-state index contributed by atoms with van der Waals surface area (Å²) in [6, 6.07) is 7.04. The van der Waals surface area contributed by atoms with Crippen molar-refractivity contribution in [1.29, 1.82) is 0 Å². The van der Waals surface area contributed by atoms with Crippen LogP contribution in [-0.4, -0.2) is 29.7 Å². The summed E-state index contributed by atoms with van der Waals surface area (Å²) in [5, 5.41) is 5.22. The molecule has 0 unspecified atom stereocenters. The minimum Gasteiger partial charge on any atom is -0.480 e. The van der Waals surface area contributed by atoms with Gasteiger partial charge in [-0.05, 0) is 61.3 Å². The first kappa shape index (κ1) is 24.9. The summed E-state index contributed by atoms with van der Waals surface area (Å²) in [6.07, 6.45) is -4.83. The average molecular weight is 512 g/mol. The Bertz CT molecular complexity index is 1260. The Morgan fingerprint density at radius 2 is 1.94 bits per heavy atom. The molecule has 184 valence electrons. The number of halogens is 6. The molecular formula is C24H19ClF5N3O2. The molecule has 3 aromatic rings. The molecule has 1 aliphatic heterocycles. The highest BCUT2D eigenvalue weighted by Gasteiger charge is 2.39.